The number of hydrogen-bond donors (Lipinski definition) is 1. The van der Waals surface area contributed by atoms with Gasteiger partial charge >= 0.3 is 0 Å². The largest absolute Gasteiger partial charge is 0.486 e. The third-order valence-electron chi connectivity index (χ3n) is 3.32. The molecule has 1 amide bonds. The van der Waals surface area contributed by atoms with Crippen molar-refractivity contribution < 1.29 is 9.53 Å². The van der Waals surface area contributed by atoms with E-state index in [0.29, 0.717) is 23.6 Å². The summed E-state index contributed by atoms with van der Waals surface area (Å²) in [6.07, 6.45) is 6.85. The summed E-state index contributed by atoms with van der Waals surface area (Å²) in [7, 11) is 1.91. The van der Waals surface area contributed by atoms with Crippen LogP contribution in [0.3, 0.4) is 0 Å². The van der Waals surface area contributed by atoms with Crippen molar-refractivity contribution in [3.8, 4) is 5.75 Å². The lowest BCUT2D eigenvalue weighted by molar-refractivity contribution is 0.102. The van der Waals surface area contributed by atoms with Gasteiger partial charge in [0.05, 0.1) is 11.9 Å². The van der Waals surface area contributed by atoms with Crippen molar-refractivity contribution in [2.75, 3.05) is 5.32 Å². The number of carbonyl (C=O) groups is 1. The molecule has 1 N–H and O–H groups in total. The summed E-state index contributed by atoms with van der Waals surface area (Å²) < 4.78 is 7.56. The minimum atomic E-state index is -0.186. The van der Waals surface area contributed by atoms with Crippen molar-refractivity contribution in [2.45, 2.75) is 6.61 Å². The fraction of sp³-hybridized carbons (Fsp3) is 0.118. The summed E-state index contributed by atoms with van der Waals surface area (Å²) >= 11 is 0. The molecule has 0 radical (unpaired) electrons. The SMILES string of the molecule is Cn1ccnc1COc1ccc(C(=O)Nc2cccnc2)cc1. The van der Waals surface area contributed by atoms with E-state index in [1.807, 2.05) is 17.8 Å². The van der Waals surface area contributed by atoms with E-state index in [0.717, 1.165) is 5.82 Å². The number of ether oxygens (including phenoxy) is 1. The highest BCUT2D eigenvalue weighted by molar-refractivity contribution is 6.04. The number of nitrogens with one attached hydrogen (secondary N) is 1. The second-order valence-corrected chi connectivity index (χ2v) is 4.96. The van der Waals surface area contributed by atoms with E-state index in [1.165, 1.54) is 0 Å². The number of rotatable bonds is 5. The normalized spacial score (nSPS) is 10.3. The van der Waals surface area contributed by atoms with Crippen LogP contribution in [0.2, 0.25) is 0 Å². The monoisotopic (exact) mass is 308 g/mol. The number of nitrogens with zero attached hydrogens (tertiary/aromatic N) is 3. The summed E-state index contributed by atoms with van der Waals surface area (Å²) in [6, 6.07) is 10.5. The van der Waals surface area contributed by atoms with Crippen LogP contribution in [0.1, 0.15) is 16.2 Å². The van der Waals surface area contributed by atoms with Gasteiger partial charge in [-0.2, -0.15) is 0 Å². The van der Waals surface area contributed by atoms with Crippen LogP contribution in [-0.4, -0.2) is 20.4 Å². The highest BCUT2D eigenvalue weighted by Gasteiger charge is 2.07. The molecule has 0 saturated carbocycles. The molecule has 0 aliphatic heterocycles. The molecule has 0 fully saturated rings. The van der Waals surface area contributed by atoms with Gasteiger partial charge in [-0.1, -0.05) is 0 Å². The van der Waals surface area contributed by atoms with Crippen LogP contribution in [0.25, 0.3) is 0 Å². The second-order valence-electron chi connectivity index (χ2n) is 4.96. The summed E-state index contributed by atoms with van der Waals surface area (Å²) in [5.74, 6) is 1.34. The van der Waals surface area contributed by atoms with Gasteiger partial charge in [-0.25, -0.2) is 4.98 Å². The number of hydrogen-bond acceptors (Lipinski definition) is 4. The molecule has 116 valence electrons. The second kappa shape index (κ2) is 6.74. The summed E-state index contributed by atoms with van der Waals surface area (Å²) in [4.78, 5) is 20.3. The van der Waals surface area contributed by atoms with E-state index in [1.54, 1.807) is 55.0 Å². The lowest BCUT2D eigenvalue weighted by Gasteiger charge is -2.08. The van der Waals surface area contributed by atoms with Crippen LogP contribution in [0.5, 0.6) is 5.75 Å². The number of imidazole rings is 1. The van der Waals surface area contributed by atoms with Gasteiger partial charge in [0.15, 0.2) is 0 Å². The van der Waals surface area contributed by atoms with Crippen LogP contribution in [-0.2, 0) is 13.7 Å². The Hall–Kier alpha value is -3.15. The molecule has 0 spiro atoms. The number of aromatic nitrogens is 3. The standard InChI is InChI=1S/C17H16N4O2/c1-21-10-9-19-16(21)12-23-15-6-4-13(5-7-15)17(22)20-14-3-2-8-18-11-14/h2-11H,12H2,1H3,(H,20,22). The lowest BCUT2D eigenvalue weighted by Crippen LogP contribution is -2.11. The number of benzene rings is 1. The first-order chi connectivity index (χ1) is 11.2. The Morgan fingerprint density at radius 1 is 1.22 bits per heavy atom. The topological polar surface area (TPSA) is 69.0 Å². The van der Waals surface area contributed by atoms with Crippen molar-refractivity contribution in [2.24, 2.45) is 7.05 Å². The molecule has 0 unspecified atom stereocenters. The molecule has 0 aliphatic carbocycles. The minimum Gasteiger partial charge on any atom is -0.486 e. The molecule has 0 aliphatic rings. The zero-order valence-corrected chi connectivity index (χ0v) is 12.6. The van der Waals surface area contributed by atoms with Gasteiger partial charge in [0.2, 0.25) is 0 Å². The van der Waals surface area contributed by atoms with Crippen LogP contribution < -0.4 is 10.1 Å². The molecule has 0 bridgehead atoms. The van der Waals surface area contributed by atoms with Gasteiger partial charge in [-0.3, -0.25) is 9.78 Å². The lowest BCUT2D eigenvalue weighted by atomic mass is 10.2. The van der Waals surface area contributed by atoms with E-state index >= 15 is 0 Å². The van der Waals surface area contributed by atoms with E-state index in [4.69, 9.17) is 4.74 Å². The maximum Gasteiger partial charge on any atom is 0.255 e. The Morgan fingerprint density at radius 2 is 2.04 bits per heavy atom. The number of carbonyl (C=O) groups excluding carboxylic acids is 1. The fourth-order valence-electron chi connectivity index (χ4n) is 2.03. The van der Waals surface area contributed by atoms with E-state index in [-0.39, 0.29) is 5.91 Å². The van der Waals surface area contributed by atoms with E-state index < -0.39 is 0 Å². The summed E-state index contributed by atoms with van der Waals surface area (Å²) in [5.41, 5.74) is 1.21. The first kappa shape index (κ1) is 14.8. The highest BCUT2D eigenvalue weighted by Crippen LogP contribution is 2.15. The van der Waals surface area contributed by atoms with Crippen LogP contribution in [0.4, 0.5) is 5.69 Å². The smallest absolute Gasteiger partial charge is 0.255 e. The third-order valence-corrected chi connectivity index (χ3v) is 3.32. The zero-order chi connectivity index (χ0) is 16.1. The first-order valence-corrected chi connectivity index (χ1v) is 7.13. The Morgan fingerprint density at radius 3 is 2.70 bits per heavy atom. The maximum atomic E-state index is 12.1. The highest BCUT2D eigenvalue weighted by atomic mass is 16.5. The molecular weight excluding hydrogens is 292 g/mol. The van der Waals surface area contributed by atoms with Crippen LogP contribution in [0, 0.1) is 0 Å². The molecule has 0 atom stereocenters. The average Bonchev–Trinajstić information content (AvgIpc) is 2.99. The van der Waals surface area contributed by atoms with Gasteiger partial charge in [0.1, 0.15) is 18.2 Å². The third kappa shape index (κ3) is 3.74. The molecule has 1 aromatic carbocycles. The van der Waals surface area contributed by atoms with Gasteiger partial charge < -0.3 is 14.6 Å². The number of pyridine rings is 1. The van der Waals surface area contributed by atoms with Gasteiger partial charge in [0, 0.05) is 31.2 Å². The zero-order valence-electron chi connectivity index (χ0n) is 12.6. The number of amides is 1. The molecular formula is C17H16N4O2. The maximum absolute atomic E-state index is 12.1. The summed E-state index contributed by atoms with van der Waals surface area (Å²) in [6.45, 7) is 0.380. The summed E-state index contributed by atoms with van der Waals surface area (Å²) in [5, 5.41) is 2.78. The van der Waals surface area contributed by atoms with Crippen molar-refractivity contribution in [1.29, 1.82) is 0 Å². The predicted octanol–water partition coefficient (Wildman–Crippen LogP) is 2.65. The van der Waals surface area contributed by atoms with Gasteiger partial charge in [-0.15, -0.1) is 0 Å². The first-order valence-electron chi connectivity index (χ1n) is 7.13. The number of anilines is 1. The van der Waals surface area contributed by atoms with Crippen molar-refractivity contribution in [3.05, 3.63) is 72.6 Å². The Bertz CT molecular complexity index is 782. The molecule has 2 heterocycles. The van der Waals surface area contributed by atoms with Crippen molar-refractivity contribution >= 4 is 11.6 Å². The molecule has 23 heavy (non-hydrogen) atoms. The molecule has 3 rings (SSSR count). The Labute approximate surface area is 133 Å². The minimum absolute atomic E-state index is 0.186. The van der Waals surface area contributed by atoms with Gasteiger partial charge in [0.25, 0.3) is 5.91 Å². The van der Waals surface area contributed by atoms with Crippen LogP contribution in [0.15, 0.2) is 61.2 Å². The molecule has 6 nitrogen and oxygen atoms in total. The fourth-order valence-corrected chi connectivity index (χ4v) is 2.03. The van der Waals surface area contributed by atoms with Crippen LogP contribution >= 0.6 is 0 Å². The van der Waals surface area contributed by atoms with E-state index in [2.05, 4.69) is 15.3 Å². The molecule has 6 heteroatoms. The quantitative estimate of drug-likeness (QED) is 0.786. The van der Waals surface area contributed by atoms with Crippen molar-refractivity contribution in [1.82, 2.24) is 14.5 Å². The van der Waals surface area contributed by atoms with E-state index in [9.17, 15) is 4.79 Å². The number of aryl methyl sites for hydroxylation is 1. The predicted molar refractivity (Wildman–Crippen MR) is 86.2 cm³/mol. The molecule has 3 aromatic rings. The van der Waals surface area contributed by atoms with Crippen molar-refractivity contribution in [3.63, 3.8) is 0 Å². The molecule has 2 aromatic heterocycles. The Kier molecular flexibility index (Phi) is 4.33. The van der Waals surface area contributed by atoms with Gasteiger partial charge in [-0.05, 0) is 36.4 Å². The Balaban J connectivity index is 1.60. The molecule has 0 saturated heterocycles. The average molecular weight is 308 g/mol.